The molecule has 1 atom stereocenters. The fourth-order valence-corrected chi connectivity index (χ4v) is 6.01. The topological polar surface area (TPSA) is 79.4 Å². The van der Waals surface area contributed by atoms with Gasteiger partial charge in [-0.25, -0.2) is 4.98 Å². The van der Waals surface area contributed by atoms with E-state index in [4.69, 9.17) is 9.72 Å². The number of rotatable bonds is 11. The molecule has 2 aromatic carbocycles. The van der Waals surface area contributed by atoms with Crippen molar-refractivity contribution in [2.24, 2.45) is 0 Å². The van der Waals surface area contributed by atoms with E-state index in [0.29, 0.717) is 13.2 Å². The van der Waals surface area contributed by atoms with Crippen molar-refractivity contribution in [1.82, 2.24) is 20.2 Å². The number of carbonyl (C=O) groups is 1. The number of fused-ring (bicyclic) bond motifs is 1. The second-order valence-electron chi connectivity index (χ2n) is 9.12. The third-order valence-corrected chi connectivity index (χ3v) is 8.01. The zero-order valence-corrected chi connectivity index (χ0v) is 23.4. The SMILES string of the molecule is O=CNC/C=C/C(c1ccc2nc(Nc3ccc(OCc4ccccn4)c(Br)c3)sc2c1)N1CCCCC1. The molecule has 1 amide bonds. The van der Waals surface area contributed by atoms with E-state index in [1.807, 2.05) is 42.5 Å². The van der Waals surface area contributed by atoms with E-state index in [0.717, 1.165) is 56.5 Å². The van der Waals surface area contributed by atoms with Crippen LogP contribution in [0.5, 0.6) is 5.75 Å². The van der Waals surface area contributed by atoms with Crippen molar-refractivity contribution >= 4 is 54.7 Å². The number of piperidine rings is 1. The van der Waals surface area contributed by atoms with Crippen molar-refractivity contribution in [2.45, 2.75) is 31.9 Å². The van der Waals surface area contributed by atoms with Gasteiger partial charge in [-0.2, -0.15) is 0 Å². The van der Waals surface area contributed by atoms with Crippen molar-refractivity contribution in [3.05, 3.63) is 88.7 Å². The van der Waals surface area contributed by atoms with Crippen LogP contribution in [0, 0.1) is 0 Å². The predicted molar refractivity (Wildman–Crippen MR) is 157 cm³/mol. The number of anilines is 2. The molecule has 3 heterocycles. The van der Waals surface area contributed by atoms with Crippen LogP contribution in [0.4, 0.5) is 10.8 Å². The van der Waals surface area contributed by atoms with E-state index < -0.39 is 0 Å². The number of ether oxygens (including phenoxy) is 1. The molecule has 1 fully saturated rings. The van der Waals surface area contributed by atoms with Crippen LogP contribution in [0.2, 0.25) is 0 Å². The zero-order valence-electron chi connectivity index (χ0n) is 21.0. The van der Waals surface area contributed by atoms with Crippen molar-refractivity contribution in [1.29, 1.82) is 0 Å². The summed E-state index contributed by atoms with van der Waals surface area (Å²) < 4.78 is 7.92. The van der Waals surface area contributed by atoms with Crippen molar-refractivity contribution in [3.63, 3.8) is 0 Å². The monoisotopic (exact) mass is 591 g/mol. The Morgan fingerprint density at radius 1 is 1.11 bits per heavy atom. The summed E-state index contributed by atoms with van der Waals surface area (Å²) in [6.45, 7) is 3.11. The first-order chi connectivity index (χ1) is 18.7. The summed E-state index contributed by atoms with van der Waals surface area (Å²) in [5, 5.41) is 7.00. The van der Waals surface area contributed by atoms with Gasteiger partial charge in [-0.05, 0) is 89.9 Å². The van der Waals surface area contributed by atoms with Crippen LogP contribution in [-0.2, 0) is 11.4 Å². The second-order valence-corrected chi connectivity index (χ2v) is 11.0. The molecule has 5 rings (SSSR count). The van der Waals surface area contributed by atoms with E-state index >= 15 is 0 Å². The van der Waals surface area contributed by atoms with Crippen molar-refractivity contribution in [2.75, 3.05) is 25.0 Å². The number of hydrogen-bond acceptors (Lipinski definition) is 7. The Morgan fingerprint density at radius 2 is 2.00 bits per heavy atom. The maximum atomic E-state index is 10.6. The normalized spacial score (nSPS) is 15.0. The molecule has 7 nitrogen and oxygen atoms in total. The fraction of sp³-hybridized carbons (Fsp3) is 0.276. The lowest BCUT2D eigenvalue weighted by Crippen LogP contribution is -2.33. The maximum absolute atomic E-state index is 10.6. The molecule has 2 N–H and O–H groups in total. The molecular weight excluding hydrogens is 562 g/mol. The van der Waals surface area contributed by atoms with E-state index in [9.17, 15) is 4.79 Å². The van der Waals surface area contributed by atoms with Gasteiger partial charge in [0.2, 0.25) is 6.41 Å². The molecule has 1 unspecified atom stereocenters. The van der Waals surface area contributed by atoms with Gasteiger partial charge in [-0.1, -0.05) is 42.0 Å². The number of aromatic nitrogens is 2. The molecule has 1 aliphatic rings. The lowest BCUT2D eigenvalue weighted by molar-refractivity contribution is -0.109. The highest BCUT2D eigenvalue weighted by Gasteiger charge is 2.21. The van der Waals surface area contributed by atoms with Gasteiger partial charge in [-0.3, -0.25) is 14.7 Å². The number of nitrogens with zero attached hydrogens (tertiary/aromatic N) is 3. The summed E-state index contributed by atoms with van der Waals surface area (Å²) in [6, 6.07) is 18.4. The standard InChI is InChI=1S/C29H30BrN5O2S/c30-24-18-22(10-12-27(24)37-19-23-7-2-3-14-32-23)33-29-34-25-11-9-21(17-28(25)38-29)26(8-6-13-31-20-36)35-15-4-1-5-16-35/h2-3,6-12,14,17-18,20,26H,1,4-5,13,15-16,19H2,(H,31,36)(H,33,34)/b8-6+. The lowest BCUT2D eigenvalue weighted by Gasteiger charge is -2.33. The first-order valence-electron chi connectivity index (χ1n) is 12.8. The maximum Gasteiger partial charge on any atom is 0.207 e. The van der Waals surface area contributed by atoms with Crippen LogP contribution in [-0.4, -0.2) is 40.9 Å². The number of pyridine rings is 1. The molecule has 196 valence electrons. The number of benzene rings is 2. The average Bonchev–Trinajstić information content (AvgIpc) is 3.35. The molecule has 9 heteroatoms. The minimum atomic E-state index is 0.182. The van der Waals surface area contributed by atoms with Gasteiger partial charge in [0.25, 0.3) is 0 Å². The van der Waals surface area contributed by atoms with Gasteiger partial charge in [0.1, 0.15) is 12.4 Å². The Balaban J connectivity index is 1.30. The third-order valence-electron chi connectivity index (χ3n) is 6.46. The Labute approximate surface area is 235 Å². The molecule has 0 bridgehead atoms. The Morgan fingerprint density at radius 3 is 2.79 bits per heavy atom. The van der Waals surface area contributed by atoms with Gasteiger partial charge in [-0.15, -0.1) is 0 Å². The van der Waals surface area contributed by atoms with Gasteiger partial charge in [0.15, 0.2) is 5.13 Å². The molecule has 2 aromatic heterocycles. The number of amides is 1. The molecule has 38 heavy (non-hydrogen) atoms. The molecule has 4 aromatic rings. The van der Waals surface area contributed by atoms with Crippen LogP contribution < -0.4 is 15.4 Å². The molecule has 1 saturated heterocycles. The van der Waals surface area contributed by atoms with E-state index in [1.54, 1.807) is 17.5 Å². The predicted octanol–water partition coefficient (Wildman–Crippen LogP) is 6.61. The van der Waals surface area contributed by atoms with Gasteiger partial charge in [0.05, 0.1) is 26.4 Å². The summed E-state index contributed by atoms with van der Waals surface area (Å²) >= 11 is 5.27. The number of likely N-dealkylation sites (tertiary alicyclic amines) is 1. The van der Waals surface area contributed by atoms with Gasteiger partial charge < -0.3 is 15.4 Å². The molecule has 0 radical (unpaired) electrons. The molecule has 0 saturated carbocycles. The minimum Gasteiger partial charge on any atom is -0.486 e. The Hall–Kier alpha value is -3.27. The van der Waals surface area contributed by atoms with E-state index in [1.165, 1.54) is 24.8 Å². The highest BCUT2D eigenvalue weighted by Crippen LogP contribution is 2.35. The third kappa shape index (κ3) is 6.78. The second kappa shape index (κ2) is 13.0. The highest BCUT2D eigenvalue weighted by atomic mass is 79.9. The molecule has 1 aliphatic heterocycles. The number of thiazole rings is 1. The van der Waals surface area contributed by atoms with E-state index in [-0.39, 0.29) is 6.04 Å². The van der Waals surface area contributed by atoms with Crippen LogP contribution >= 0.6 is 27.3 Å². The Bertz CT molecular complexity index is 1390. The zero-order chi connectivity index (χ0) is 26.2. The summed E-state index contributed by atoms with van der Waals surface area (Å²) in [7, 11) is 0. The van der Waals surface area contributed by atoms with Gasteiger partial charge in [0, 0.05) is 18.4 Å². The summed E-state index contributed by atoms with van der Waals surface area (Å²) in [5.41, 5.74) is 4.03. The smallest absolute Gasteiger partial charge is 0.207 e. The van der Waals surface area contributed by atoms with Crippen LogP contribution in [0.15, 0.2) is 77.4 Å². The van der Waals surface area contributed by atoms with Gasteiger partial charge >= 0.3 is 0 Å². The van der Waals surface area contributed by atoms with Crippen LogP contribution in [0.1, 0.15) is 36.6 Å². The van der Waals surface area contributed by atoms with Crippen molar-refractivity contribution in [3.8, 4) is 5.75 Å². The molecule has 0 spiro atoms. The average molecular weight is 593 g/mol. The fourth-order valence-electron chi connectivity index (χ4n) is 4.59. The molecule has 0 aliphatic carbocycles. The minimum absolute atomic E-state index is 0.182. The first-order valence-corrected chi connectivity index (χ1v) is 14.4. The summed E-state index contributed by atoms with van der Waals surface area (Å²) in [6.07, 6.45) is 10.5. The largest absolute Gasteiger partial charge is 0.486 e. The van der Waals surface area contributed by atoms with Crippen LogP contribution in [0.3, 0.4) is 0 Å². The Kier molecular flexibility index (Phi) is 9.01. The quantitative estimate of drug-likeness (QED) is 0.116. The van der Waals surface area contributed by atoms with Crippen molar-refractivity contribution < 1.29 is 9.53 Å². The number of nitrogens with one attached hydrogen (secondary N) is 2. The summed E-state index contributed by atoms with van der Waals surface area (Å²) in [5.74, 6) is 0.760. The molecular formula is C29H30BrN5O2S. The lowest BCUT2D eigenvalue weighted by atomic mass is 10.0. The van der Waals surface area contributed by atoms with E-state index in [2.05, 4.69) is 60.7 Å². The highest BCUT2D eigenvalue weighted by molar-refractivity contribution is 9.10. The number of hydrogen-bond donors (Lipinski definition) is 2. The number of halogens is 1. The van der Waals surface area contributed by atoms with Crippen LogP contribution in [0.25, 0.3) is 10.2 Å². The summed E-state index contributed by atoms with van der Waals surface area (Å²) in [4.78, 5) is 22.3. The first kappa shape index (κ1) is 26.3. The number of carbonyl (C=O) groups excluding carboxylic acids is 1.